The van der Waals surface area contributed by atoms with E-state index in [1.807, 2.05) is 20.8 Å². The molecule has 0 fully saturated rings. The van der Waals surface area contributed by atoms with Crippen LogP contribution < -0.4 is 9.46 Å². The Hall–Kier alpha value is -3.16. The van der Waals surface area contributed by atoms with E-state index in [-0.39, 0.29) is 31.1 Å². The number of aliphatic hydroxyl groups is 1. The van der Waals surface area contributed by atoms with E-state index in [1.54, 1.807) is 30.7 Å². The average Bonchev–Trinajstić information content (AvgIpc) is 3.12. The Morgan fingerprint density at radius 2 is 1.97 bits per heavy atom. The predicted molar refractivity (Wildman–Crippen MR) is 123 cm³/mol. The Kier molecular flexibility index (Phi) is 6.77. The van der Waals surface area contributed by atoms with E-state index in [1.165, 1.54) is 11.5 Å². The molecular formula is C21H27N7O5S. The van der Waals surface area contributed by atoms with Gasteiger partial charge in [-0.1, -0.05) is 0 Å². The second-order valence-electron chi connectivity index (χ2n) is 8.30. The molecule has 0 saturated carbocycles. The molecule has 2 N–H and O–H groups in total. The Morgan fingerprint density at radius 1 is 1.24 bits per heavy atom. The van der Waals surface area contributed by atoms with Gasteiger partial charge in [0.15, 0.2) is 11.6 Å². The van der Waals surface area contributed by atoms with Crippen LogP contribution in [-0.2, 0) is 14.8 Å². The highest BCUT2D eigenvalue weighted by molar-refractivity contribution is 7.93. The molecule has 4 rings (SSSR count). The summed E-state index contributed by atoms with van der Waals surface area (Å²) in [6.07, 6.45) is 3.61. The second-order valence-corrected chi connectivity index (χ2v) is 10.3. The maximum Gasteiger partial charge on any atom is 0.240 e. The fourth-order valence-corrected chi connectivity index (χ4v) is 4.65. The van der Waals surface area contributed by atoms with E-state index in [9.17, 15) is 13.5 Å². The van der Waals surface area contributed by atoms with Gasteiger partial charge in [-0.05, 0) is 45.4 Å². The van der Waals surface area contributed by atoms with Crippen LogP contribution in [0.25, 0.3) is 11.4 Å². The number of sulfonamides is 1. The summed E-state index contributed by atoms with van der Waals surface area (Å²) in [5, 5.41) is 17.1. The van der Waals surface area contributed by atoms with Crippen LogP contribution in [0.3, 0.4) is 0 Å². The molecule has 3 aromatic heterocycles. The van der Waals surface area contributed by atoms with Crippen molar-refractivity contribution in [3.63, 3.8) is 0 Å². The molecule has 1 aliphatic rings. The SMILES string of the molecule is Cc1cnc(C(OC(C)C)C(C)S(=O)(=O)Nc2nnc3n2[C@@H](CO)COc2ncccc2-3)nc1. The van der Waals surface area contributed by atoms with Crippen LogP contribution >= 0.6 is 0 Å². The van der Waals surface area contributed by atoms with Crippen molar-refractivity contribution in [2.24, 2.45) is 0 Å². The normalized spacial score (nSPS) is 17.3. The second kappa shape index (κ2) is 9.60. The number of hydrogen-bond donors (Lipinski definition) is 2. The van der Waals surface area contributed by atoms with Gasteiger partial charge in [0.05, 0.1) is 24.3 Å². The highest BCUT2D eigenvalue weighted by Crippen LogP contribution is 2.35. The van der Waals surface area contributed by atoms with E-state index >= 15 is 0 Å². The van der Waals surface area contributed by atoms with Crippen LogP contribution in [-0.4, -0.2) is 67.8 Å². The molecule has 0 amide bonds. The van der Waals surface area contributed by atoms with Crippen molar-refractivity contribution in [1.82, 2.24) is 29.7 Å². The van der Waals surface area contributed by atoms with Crippen molar-refractivity contribution in [1.29, 1.82) is 0 Å². The van der Waals surface area contributed by atoms with E-state index in [4.69, 9.17) is 9.47 Å². The number of hydrogen-bond acceptors (Lipinski definition) is 10. The zero-order chi connectivity index (χ0) is 24.5. The zero-order valence-electron chi connectivity index (χ0n) is 19.3. The molecule has 4 heterocycles. The van der Waals surface area contributed by atoms with E-state index in [2.05, 4.69) is 29.9 Å². The molecule has 12 nitrogen and oxygen atoms in total. The number of anilines is 1. The first-order valence-corrected chi connectivity index (χ1v) is 12.4. The maximum absolute atomic E-state index is 13.4. The third-order valence-corrected chi connectivity index (χ3v) is 7.01. The Labute approximate surface area is 197 Å². The number of rotatable bonds is 8. The lowest BCUT2D eigenvalue weighted by Gasteiger charge is -2.26. The summed E-state index contributed by atoms with van der Waals surface area (Å²) in [4.78, 5) is 12.8. The number of nitrogens with one attached hydrogen (secondary N) is 1. The summed E-state index contributed by atoms with van der Waals surface area (Å²) in [5.41, 5.74) is 1.39. The minimum Gasteiger partial charge on any atom is -0.475 e. The molecular weight excluding hydrogens is 462 g/mol. The number of aryl methyl sites for hydroxylation is 1. The summed E-state index contributed by atoms with van der Waals surface area (Å²) in [6.45, 7) is 6.72. The van der Waals surface area contributed by atoms with Crippen LogP contribution in [0.1, 0.15) is 44.3 Å². The largest absolute Gasteiger partial charge is 0.475 e. The minimum atomic E-state index is -4.06. The van der Waals surface area contributed by atoms with Crippen LogP contribution in [0, 0.1) is 6.92 Å². The maximum atomic E-state index is 13.4. The monoisotopic (exact) mass is 489 g/mol. The molecule has 0 bridgehead atoms. The zero-order valence-corrected chi connectivity index (χ0v) is 20.1. The predicted octanol–water partition coefficient (Wildman–Crippen LogP) is 1.66. The molecule has 0 saturated heterocycles. The van der Waals surface area contributed by atoms with Crippen LogP contribution in [0.2, 0.25) is 0 Å². The number of fused-ring (bicyclic) bond motifs is 3. The standard InChI is InChI=1S/C21H27N7O5S/c1-12(2)33-17(18-23-8-13(3)9-24-18)14(4)34(30,31)27-21-26-25-19-16-6-5-7-22-20(16)32-11-15(10-29)28(19)21/h5-9,12,14-15,17,29H,10-11H2,1-4H3,(H,26,27)/t14?,15-,17?/m0/s1. The van der Waals surface area contributed by atoms with Gasteiger partial charge in [-0.25, -0.2) is 23.4 Å². The van der Waals surface area contributed by atoms with Gasteiger partial charge in [0.2, 0.25) is 21.9 Å². The number of pyridine rings is 1. The smallest absolute Gasteiger partial charge is 0.240 e. The summed E-state index contributed by atoms with van der Waals surface area (Å²) < 4.78 is 42.5. The highest BCUT2D eigenvalue weighted by Gasteiger charge is 2.36. The quantitative estimate of drug-likeness (QED) is 0.477. The molecule has 13 heteroatoms. The summed E-state index contributed by atoms with van der Waals surface area (Å²) >= 11 is 0. The summed E-state index contributed by atoms with van der Waals surface area (Å²) in [6, 6.07) is 2.82. The third-order valence-electron chi connectivity index (χ3n) is 5.32. The van der Waals surface area contributed by atoms with Gasteiger partial charge in [0.25, 0.3) is 0 Å². The molecule has 1 aliphatic heterocycles. The molecule has 0 radical (unpaired) electrons. The van der Waals surface area contributed by atoms with Gasteiger partial charge in [0, 0.05) is 18.6 Å². The molecule has 3 aromatic rings. The van der Waals surface area contributed by atoms with Crippen molar-refractivity contribution in [2.75, 3.05) is 17.9 Å². The van der Waals surface area contributed by atoms with Crippen molar-refractivity contribution in [3.05, 3.63) is 42.1 Å². The molecule has 0 aromatic carbocycles. The van der Waals surface area contributed by atoms with Gasteiger partial charge < -0.3 is 14.6 Å². The van der Waals surface area contributed by atoms with Gasteiger partial charge in [-0.3, -0.25) is 9.29 Å². The number of aliphatic hydroxyl groups excluding tert-OH is 1. The van der Waals surface area contributed by atoms with E-state index in [0.29, 0.717) is 17.3 Å². The Bertz CT molecular complexity index is 1250. The number of ether oxygens (including phenoxy) is 2. The first kappa shape index (κ1) is 24.0. The highest BCUT2D eigenvalue weighted by atomic mass is 32.2. The van der Waals surface area contributed by atoms with E-state index in [0.717, 1.165) is 5.56 Å². The topological polar surface area (TPSA) is 154 Å². The summed E-state index contributed by atoms with van der Waals surface area (Å²) in [5.74, 6) is 0.881. The average molecular weight is 490 g/mol. The lowest BCUT2D eigenvalue weighted by molar-refractivity contribution is 0.00152. The lowest BCUT2D eigenvalue weighted by atomic mass is 10.2. The van der Waals surface area contributed by atoms with E-state index < -0.39 is 27.4 Å². The van der Waals surface area contributed by atoms with Crippen LogP contribution in [0.4, 0.5) is 5.95 Å². The first-order chi connectivity index (χ1) is 16.2. The van der Waals surface area contributed by atoms with Crippen molar-refractivity contribution in [2.45, 2.75) is 51.2 Å². The third kappa shape index (κ3) is 4.72. The first-order valence-electron chi connectivity index (χ1n) is 10.8. The Morgan fingerprint density at radius 3 is 2.65 bits per heavy atom. The van der Waals surface area contributed by atoms with Gasteiger partial charge in [-0.15, -0.1) is 10.2 Å². The van der Waals surface area contributed by atoms with Crippen molar-refractivity contribution < 1.29 is 23.0 Å². The lowest BCUT2D eigenvalue weighted by Crippen LogP contribution is -2.35. The molecule has 3 atom stereocenters. The van der Waals surface area contributed by atoms with Gasteiger partial charge in [0.1, 0.15) is 18.0 Å². The number of aromatic nitrogens is 6. The molecule has 182 valence electrons. The molecule has 34 heavy (non-hydrogen) atoms. The van der Waals surface area contributed by atoms with Crippen LogP contribution in [0.15, 0.2) is 30.7 Å². The molecule has 0 spiro atoms. The summed E-state index contributed by atoms with van der Waals surface area (Å²) in [7, 11) is -4.06. The van der Waals surface area contributed by atoms with Crippen molar-refractivity contribution >= 4 is 16.0 Å². The minimum absolute atomic E-state index is 0.0469. The molecule has 0 aliphatic carbocycles. The van der Waals surface area contributed by atoms with Crippen LogP contribution in [0.5, 0.6) is 5.88 Å². The number of nitrogens with zero attached hydrogens (tertiary/aromatic N) is 6. The molecule has 2 unspecified atom stereocenters. The van der Waals surface area contributed by atoms with Gasteiger partial charge >= 0.3 is 0 Å². The fourth-order valence-electron chi connectivity index (χ4n) is 3.56. The Balaban J connectivity index is 1.69. The van der Waals surface area contributed by atoms with Crippen molar-refractivity contribution in [3.8, 4) is 17.3 Å². The van der Waals surface area contributed by atoms with Gasteiger partial charge in [-0.2, -0.15) is 0 Å². The fraction of sp³-hybridized carbons (Fsp3) is 0.476.